The van der Waals surface area contributed by atoms with Gasteiger partial charge in [0.15, 0.2) is 0 Å². The fourth-order valence-electron chi connectivity index (χ4n) is 3.65. The van der Waals surface area contributed by atoms with E-state index in [0.29, 0.717) is 5.41 Å². The van der Waals surface area contributed by atoms with Crippen LogP contribution in [0.1, 0.15) is 37.0 Å². The van der Waals surface area contributed by atoms with Crippen molar-refractivity contribution in [1.82, 2.24) is 5.32 Å². The number of hydrogen-bond donors (Lipinski definition) is 2. The first kappa shape index (κ1) is 16.6. The van der Waals surface area contributed by atoms with Crippen molar-refractivity contribution in [3.63, 3.8) is 0 Å². The number of fused-ring (bicyclic) bond motifs is 1. The van der Waals surface area contributed by atoms with Crippen LogP contribution in [-0.4, -0.2) is 13.1 Å². The first-order valence-corrected chi connectivity index (χ1v) is 6.84. The molecular formula is C15H24Cl2N2. The minimum atomic E-state index is 0. The summed E-state index contributed by atoms with van der Waals surface area (Å²) in [7, 11) is 0. The molecule has 1 aliphatic carbocycles. The zero-order chi connectivity index (χ0) is 12.0. The smallest absolute Gasteiger partial charge is 0.0388 e. The van der Waals surface area contributed by atoms with Gasteiger partial charge in [0.25, 0.3) is 0 Å². The van der Waals surface area contributed by atoms with E-state index in [4.69, 9.17) is 5.73 Å². The van der Waals surface area contributed by atoms with E-state index in [2.05, 4.69) is 31.3 Å². The van der Waals surface area contributed by atoms with E-state index in [9.17, 15) is 0 Å². The number of nitrogens with two attached hydrogens (primary N) is 1. The number of benzene rings is 1. The standard InChI is InChI=1S/C15H22N2.2ClH/c1-3-10-5-6-13(14(16)12(10)4-2)15-7-11(15)8-17-9-15;;/h5-6,11,17H,3-4,7-9,16H2,1-2H3;2*1H. The Morgan fingerprint density at radius 1 is 1.26 bits per heavy atom. The molecule has 108 valence electrons. The molecule has 1 aromatic carbocycles. The Bertz CT molecular complexity index is 462. The molecule has 1 heterocycles. The van der Waals surface area contributed by atoms with E-state index in [-0.39, 0.29) is 24.8 Å². The first-order valence-electron chi connectivity index (χ1n) is 6.84. The summed E-state index contributed by atoms with van der Waals surface area (Å²) in [5.41, 5.74) is 12.1. The van der Waals surface area contributed by atoms with Gasteiger partial charge in [-0.3, -0.25) is 0 Å². The van der Waals surface area contributed by atoms with Crippen LogP contribution in [0.2, 0.25) is 0 Å². The molecule has 2 nitrogen and oxygen atoms in total. The van der Waals surface area contributed by atoms with Crippen LogP contribution in [0.5, 0.6) is 0 Å². The van der Waals surface area contributed by atoms with Crippen LogP contribution in [0.3, 0.4) is 0 Å². The van der Waals surface area contributed by atoms with Crippen molar-refractivity contribution < 1.29 is 0 Å². The van der Waals surface area contributed by atoms with Crippen LogP contribution in [0.15, 0.2) is 12.1 Å². The van der Waals surface area contributed by atoms with Gasteiger partial charge >= 0.3 is 0 Å². The average Bonchev–Trinajstić information content (AvgIpc) is 2.91. The summed E-state index contributed by atoms with van der Waals surface area (Å²) in [5, 5.41) is 3.50. The summed E-state index contributed by atoms with van der Waals surface area (Å²) in [6.45, 7) is 6.72. The third kappa shape index (κ3) is 2.35. The van der Waals surface area contributed by atoms with Gasteiger partial charge in [-0.2, -0.15) is 0 Å². The Morgan fingerprint density at radius 2 is 2.00 bits per heavy atom. The maximum Gasteiger partial charge on any atom is 0.0388 e. The largest absolute Gasteiger partial charge is 0.398 e. The highest BCUT2D eigenvalue weighted by Gasteiger charge is 2.58. The Labute approximate surface area is 128 Å². The molecule has 2 aliphatic rings. The predicted molar refractivity (Wildman–Crippen MR) is 86.8 cm³/mol. The Morgan fingerprint density at radius 3 is 2.47 bits per heavy atom. The highest BCUT2D eigenvalue weighted by atomic mass is 35.5. The van der Waals surface area contributed by atoms with Gasteiger partial charge in [0, 0.05) is 17.6 Å². The Balaban J connectivity index is 0.000000902. The van der Waals surface area contributed by atoms with Gasteiger partial charge in [0.05, 0.1) is 0 Å². The summed E-state index contributed by atoms with van der Waals surface area (Å²) >= 11 is 0. The first-order chi connectivity index (χ1) is 8.23. The van der Waals surface area contributed by atoms with Crippen LogP contribution in [0.25, 0.3) is 0 Å². The molecule has 0 radical (unpaired) electrons. The normalized spacial score (nSPS) is 27.2. The molecule has 0 spiro atoms. The van der Waals surface area contributed by atoms with Crippen molar-refractivity contribution in [2.75, 3.05) is 18.8 Å². The molecule has 2 fully saturated rings. The summed E-state index contributed by atoms with van der Waals surface area (Å²) in [6.07, 6.45) is 3.47. The molecular weight excluding hydrogens is 279 g/mol. The molecule has 2 unspecified atom stereocenters. The molecule has 19 heavy (non-hydrogen) atoms. The van der Waals surface area contributed by atoms with Crippen molar-refractivity contribution in [1.29, 1.82) is 0 Å². The fraction of sp³-hybridized carbons (Fsp3) is 0.600. The number of piperidine rings is 1. The van der Waals surface area contributed by atoms with Gasteiger partial charge < -0.3 is 11.1 Å². The quantitative estimate of drug-likeness (QED) is 0.842. The van der Waals surface area contributed by atoms with Gasteiger partial charge in [-0.05, 0) is 48.4 Å². The fourth-order valence-corrected chi connectivity index (χ4v) is 3.65. The second kappa shape index (κ2) is 5.90. The number of anilines is 1. The van der Waals surface area contributed by atoms with E-state index < -0.39 is 0 Å². The van der Waals surface area contributed by atoms with Gasteiger partial charge in [-0.15, -0.1) is 24.8 Å². The number of hydrogen-bond acceptors (Lipinski definition) is 2. The number of rotatable bonds is 3. The lowest BCUT2D eigenvalue weighted by molar-refractivity contribution is 0.676. The number of nitrogens with one attached hydrogen (secondary N) is 1. The zero-order valence-corrected chi connectivity index (χ0v) is 13.3. The molecule has 0 aromatic heterocycles. The minimum Gasteiger partial charge on any atom is -0.398 e. The topological polar surface area (TPSA) is 38.0 Å². The summed E-state index contributed by atoms with van der Waals surface area (Å²) in [5.74, 6) is 0.835. The SMILES string of the molecule is CCc1ccc(C23CNCC2C3)c(N)c1CC.Cl.Cl. The second-order valence-electron chi connectivity index (χ2n) is 5.56. The minimum absolute atomic E-state index is 0. The molecule has 3 N–H and O–H groups in total. The van der Waals surface area contributed by atoms with Crippen molar-refractivity contribution in [3.05, 3.63) is 28.8 Å². The zero-order valence-electron chi connectivity index (χ0n) is 11.7. The van der Waals surface area contributed by atoms with Crippen molar-refractivity contribution >= 4 is 30.5 Å². The average molecular weight is 303 g/mol. The molecule has 2 atom stereocenters. The highest BCUT2D eigenvalue weighted by molar-refractivity contribution is 5.85. The van der Waals surface area contributed by atoms with Gasteiger partial charge in [-0.1, -0.05) is 26.0 Å². The maximum absolute atomic E-state index is 6.43. The van der Waals surface area contributed by atoms with E-state index in [0.717, 1.165) is 31.0 Å². The van der Waals surface area contributed by atoms with Gasteiger partial charge in [-0.25, -0.2) is 0 Å². The van der Waals surface area contributed by atoms with E-state index in [1.165, 1.54) is 29.7 Å². The van der Waals surface area contributed by atoms with Crippen LogP contribution in [-0.2, 0) is 18.3 Å². The van der Waals surface area contributed by atoms with Gasteiger partial charge in [0.2, 0.25) is 0 Å². The monoisotopic (exact) mass is 302 g/mol. The third-order valence-electron chi connectivity index (χ3n) is 4.79. The van der Waals surface area contributed by atoms with Crippen molar-refractivity contribution in [3.8, 4) is 0 Å². The van der Waals surface area contributed by atoms with Crippen LogP contribution >= 0.6 is 24.8 Å². The lowest BCUT2D eigenvalue weighted by Crippen LogP contribution is -2.21. The van der Waals surface area contributed by atoms with E-state index >= 15 is 0 Å². The number of halogens is 2. The van der Waals surface area contributed by atoms with Gasteiger partial charge in [0.1, 0.15) is 0 Å². The van der Waals surface area contributed by atoms with Crippen molar-refractivity contribution in [2.24, 2.45) is 5.92 Å². The Hall–Kier alpha value is -0.440. The summed E-state index contributed by atoms with van der Waals surface area (Å²) in [4.78, 5) is 0. The molecule has 1 aromatic rings. The van der Waals surface area contributed by atoms with Crippen LogP contribution in [0, 0.1) is 5.92 Å². The molecule has 4 heteroatoms. The number of nitrogen functional groups attached to an aromatic ring is 1. The van der Waals surface area contributed by atoms with E-state index in [1.807, 2.05) is 0 Å². The lowest BCUT2D eigenvalue weighted by Gasteiger charge is -2.19. The van der Waals surface area contributed by atoms with E-state index in [1.54, 1.807) is 0 Å². The molecule has 0 bridgehead atoms. The molecule has 1 saturated carbocycles. The molecule has 1 saturated heterocycles. The third-order valence-corrected chi connectivity index (χ3v) is 4.79. The summed E-state index contributed by atoms with van der Waals surface area (Å²) in [6, 6.07) is 4.59. The summed E-state index contributed by atoms with van der Waals surface area (Å²) < 4.78 is 0. The Kier molecular flexibility index (Phi) is 5.16. The van der Waals surface area contributed by atoms with Crippen molar-refractivity contribution in [2.45, 2.75) is 38.5 Å². The highest BCUT2D eigenvalue weighted by Crippen LogP contribution is 2.58. The molecule has 3 rings (SSSR count). The predicted octanol–water partition coefficient (Wildman–Crippen LogP) is 3.10. The number of aryl methyl sites for hydroxylation is 1. The second-order valence-corrected chi connectivity index (χ2v) is 5.56. The van der Waals surface area contributed by atoms with Crippen LogP contribution < -0.4 is 11.1 Å². The molecule has 0 amide bonds. The lowest BCUT2D eigenvalue weighted by atomic mass is 9.88. The van der Waals surface area contributed by atoms with Crippen LogP contribution in [0.4, 0.5) is 5.69 Å². The maximum atomic E-state index is 6.43. The molecule has 1 aliphatic heterocycles.